The molecule has 4 heterocycles. The number of anilines is 1. The Balaban J connectivity index is 1.28. The third kappa shape index (κ3) is 6.10. The zero-order chi connectivity index (χ0) is 32.7. The van der Waals surface area contributed by atoms with E-state index in [9.17, 15) is 14.0 Å². The van der Waals surface area contributed by atoms with Crippen molar-refractivity contribution in [2.75, 3.05) is 44.8 Å². The lowest BCUT2D eigenvalue weighted by molar-refractivity contribution is -0.146. The highest BCUT2D eigenvalue weighted by molar-refractivity contribution is 6.36. The molecule has 2 atom stereocenters. The number of ether oxygens (including phenoxy) is 3. The second kappa shape index (κ2) is 12.5. The number of halogens is 2. The van der Waals surface area contributed by atoms with Gasteiger partial charge in [0.25, 0.3) is 0 Å². The molecule has 0 saturated carbocycles. The van der Waals surface area contributed by atoms with E-state index in [2.05, 4.69) is 9.88 Å². The van der Waals surface area contributed by atoms with Crippen molar-refractivity contribution in [1.29, 1.82) is 0 Å². The fourth-order valence-electron chi connectivity index (χ4n) is 6.10. The maximum atomic E-state index is 14.3. The topological polar surface area (TPSA) is 104 Å². The van der Waals surface area contributed by atoms with E-state index < -0.39 is 23.8 Å². The highest BCUT2D eigenvalue weighted by Gasteiger charge is 2.35. The molecule has 1 fully saturated rings. The molecule has 2 aromatic heterocycles. The lowest BCUT2D eigenvalue weighted by atomic mass is 10.0. The Morgan fingerprint density at radius 3 is 2.50 bits per heavy atom. The van der Waals surface area contributed by atoms with Crippen molar-refractivity contribution < 1.29 is 28.2 Å². The van der Waals surface area contributed by atoms with E-state index in [1.807, 2.05) is 51.1 Å². The minimum atomic E-state index is -1.04. The first kappa shape index (κ1) is 31.7. The molecule has 46 heavy (non-hydrogen) atoms. The van der Waals surface area contributed by atoms with Gasteiger partial charge in [-0.1, -0.05) is 23.7 Å². The standard InChI is InChI=1S/C33H38ClFN6O5/c1-6-45-31(42)29(28-26-15-21(35)17-40(26)19-36-28)41-18-24-25(34)16-23(30(44-5)27(24)37-41)20-7-9-22(10-8-20)38-11-13-39(14-12-38)32(43)46-33(2,3)4/h7-10,16,18-19,21,29H,6,11-15,17H2,1-5H3. The van der Waals surface area contributed by atoms with Crippen LogP contribution in [0.2, 0.25) is 5.02 Å². The van der Waals surface area contributed by atoms with Gasteiger partial charge in [0.15, 0.2) is 11.8 Å². The van der Waals surface area contributed by atoms with Crippen LogP contribution in [0.3, 0.4) is 0 Å². The number of nitrogens with zero attached hydrogens (tertiary/aromatic N) is 6. The predicted molar refractivity (Wildman–Crippen MR) is 172 cm³/mol. The van der Waals surface area contributed by atoms with E-state index in [4.69, 9.17) is 30.9 Å². The molecule has 244 valence electrons. The zero-order valence-corrected chi connectivity index (χ0v) is 27.4. The first-order valence-corrected chi connectivity index (χ1v) is 15.8. The number of methoxy groups -OCH3 is 1. The van der Waals surface area contributed by atoms with E-state index in [0.717, 1.165) is 16.8 Å². The molecular weight excluding hydrogens is 615 g/mol. The molecule has 0 aliphatic carbocycles. The minimum absolute atomic E-state index is 0.162. The van der Waals surface area contributed by atoms with Gasteiger partial charge >= 0.3 is 12.1 Å². The summed E-state index contributed by atoms with van der Waals surface area (Å²) in [6.45, 7) is 10.2. The molecule has 2 unspecified atom stereocenters. The second-order valence-electron chi connectivity index (χ2n) is 12.5. The quantitative estimate of drug-likeness (QED) is 0.236. The summed E-state index contributed by atoms with van der Waals surface area (Å²) < 4.78 is 34.3. The third-order valence-electron chi connectivity index (χ3n) is 8.22. The van der Waals surface area contributed by atoms with Crippen LogP contribution >= 0.6 is 11.6 Å². The number of carbonyl (C=O) groups is 2. The maximum absolute atomic E-state index is 14.3. The number of alkyl halides is 1. The van der Waals surface area contributed by atoms with Crippen LogP contribution in [0, 0.1) is 0 Å². The Morgan fingerprint density at radius 2 is 1.85 bits per heavy atom. The summed E-state index contributed by atoms with van der Waals surface area (Å²) in [5, 5.41) is 5.81. The van der Waals surface area contributed by atoms with Gasteiger partial charge < -0.3 is 28.6 Å². The van der Waals surface area contributed by atoms with Crippen LogP contribution in [0.25, 0.3) is 22.0 Å². The molecule has 1 saturated heterocycles. The van der Waals surface area contributed by atoms with Crippen LogP contribution in [-0.4, -0.2) is 88.0 Å². The van der Waals surface area contributed by atoms with Gasteiger partial charge in [-0.25, -0.2) is 19.0 Å². The van der Waals surface area contributed by atoms with Crippen LogP contribution in [0.1, 0.15) is 45.1 Å². The van der Waals surface area contributed by atoms with Crippen molar-refractivity contribution in [3.05, 3.63) is 59.3 Å². The number of carbonyl (C=O) groups excluding carboxylic acids is 2. The van der Waals surface area contributed by atoms with Crippen molar-refractivity contribution in [3.8, 4) is 16.9 Å². The minimum Gasteiger partial charge on any atom is -0.494 e. The van der Waals surface area contributed by atoms with Crippen LogP contribution in [0.5, 0.6) is 5.75 Å². The molecule has 2 aromatic carbocycles. The molecule has 11 nitrogen and oxygen atoms in total. The van der Waals surface area contributed by atoms with E-state index in [1.165, 1.54) is 4.68 Å². The van der Waals surface area contributed by atoms with Crippen molar-refractivity contribution in [2.24, 2.45) is 0 Å². The smallest absolute Gasteiger partial charge is 0.410 e. The third-order valence-corrected chi connectivity index (χ3v) is 8.53. The highest BCUT2D eigenvalue weighted by atomic mass is 35.5. The highest BCUT2D eigenvalue weighted by Crippen LogP contribution is 2.41. The van der Waals surface area contributed by atoms with Crippen LogP contribution in [0.15, 0.2) is 42.9 Å². The van der Waals surface area contributed by atoms with Gasteiger partial charge in [-0.3, -0.25) is 4.68 Å². The summed E-state index contributed by atoms with van der Waals surface area (Å²) in [5.74, 6) is -0.0460. The van der Waals surface area contributed by atoms with E-state index in [-0.39, 0.29) is 25.7 Å². The Hall–Kier alpha value is -4.32. The lowest BCUT2D eigenvalue weighted by Gasteiger charge is -2.36. The summed E-state index contributed by atoms with van der Waals surface area (Å²) in [5.41, 5.74) is 3.64. The van der Waals surface area contributed by atoms with Gasteiger partial charge in [0, 0.05) is 61.1 Å². The number of esters is 1. The summed E-state index contributed by atoms with van der Waals surface area (Å²) in [7, 11) is 1.57. The molecule has 0 bridgehead atoms. The molecular formula is C33H38ClFN6O5. The second-order valence-corrected chi connectivity index (χ2v) is 12.9. The molecule has 0 N–H and O–H groups in total. The molecule has 1 amide bonds. The number of amides is 1. The summed E-state index contributed by atoms with van der Waals surface area (Å²) in [4.78, 5) is 34.2. The number of imidazole rings is 1. The monoisotopic (exact) mass is 652 g/mol. The number of piperazine rings is 1. The molecule has 0 spiro atoms. The van der Waals surface area contributed by atoms with Crippen LogP contribution in [0.4, 0.5) is 14.9 Å². The largest absolute Gasteiger partial charge is 0.494 e. The maximum Gasteiger partial charge on any atom is 0.410 e. The van der Waals surface area contributed by atoms with Crippen LogP contribution in [-0.2, 0) is 27.2 Å². The average molecular weight is 653 g/mol. The first-order chi connectivity index (χ1) is 22.0. The van der Waals surface area contributed by atoms with Gasteiger partial charge in [0.2, 0.25) is 0 Å². The number of hydrogen-bond donors (Lipinski definition) is 0. The van der Waals surface area contributed by atoms with Crippen molar-refractivity contribution in [1.82, 2.24) is 24.2 Å². The number of fused-ring (bicyclic) bond motifs is 2. The predicted octanol–water partition coefficient (Wildman–Crippen LogP) is 5.67. The van der Waals surface area contributed by atoms with E-state index in [1.54, 1.807) is 36.0 Å². The molecule has 2 aliphatic rings. The van der Waals surface area contributed by atoms with Crippen molar-refractivity contribution >= 4 is 40.3 Å². The Morgan fingerprint density at radius 1 is 1.13 bits per heavy atom. The van der Waals surface area contributed by atoms with E-state index in [0.29, 0.717) is 59.2 Å². The van der Waals surface area contributed by atoms with Gasteiger partial charge in [-0.15, -0.1) is 0 Å². The SMILES string of the molecule is CCOC(=O)C(c1ncn2c1CC(F)C2)n1cc2c(Cl)cc(-c3ccc(N4CCN(C(=O)OC(C)(C)C)CC4)cc3)c(OC)c2n1. The number of rotatable bonds is 7. The summed E-state index contributed by atoms with van der Waals surface area (Å²) in [6, 6.07) is 8.86. The van der Waals surface area contributed by atoms with Crippen LogP contribution < -0.4 is 9.64 Å². The summed E-state index contributed by atoms with van der Waals surface area (Å²) in [6.07, 6.45) is 2.06. The van der Waals surface area contributed by atoms with Gasteiger partial charge in [-0.2, -0.15) is 5.10 Å². The van der Waals surface area contributed by atoms with Gasteiger partial charge in [0.05, 0.1) is 37.3 Å². The number of benzene rings is 2. The molecule has 6 rings (SSSR count). The Labute approximate surface area is 271 Å². The molecule has 4 aromatic rings. The molecule has 2 aliphatic heterocycles. The Kier molecular flexibility index (Phi) is 8.58. The molecule has 13 heteroatoms. The number of aromatic nitrogens is 4. The van der Waals surface area contributed by atoms with Gasteiger partial charge in [0.1, 0.15) is 17.3 Å². The Bertz CT molecular complexity index is 1760. The summed E-state index contributed by atoms with van der Waals surface area (Å²) >= 11 is 6.82. The normalized spacial score (nSPS) is 17.2. The van der Waals surface area contributed by atoms with Gasteiger partial charge in [-0.05, 0) is 51.5 Å². The lowest BCUT2D eigenvalue weighted by Crippen LogP contribution is -2.50. The van der Waals surface area contributed by atoms with E-state index >= 15 is 0 Å². The van der Waals surface area contributed by atoms with Crippen molar-refractivity contribution in [2.45, 2.75) is 58.5 Å². The molecule has 0 radical (unpaired) electrons. The zero-order valence-electron chi connectivity index (χ0n) is 26.6. The number of hydrogen-bond acceptors (Lipinski definition) is 8. The first-order valence-electron chi connectivity index (χ1n) is 15.4. The van der Waals surface area contributed by atoms with Crippen molar-refractivity contribution in [3.63, 3.8) is 0 Å². The average Bonchev–Trinajstić information content (AvgIpc) is 3.72. The fraction of sp³-hybridized carbons (Fsp3) is 0.455. The fourth-order valence-corrected chi connectivity index (χ4v) is 6.34.